The van der Waals surface area contributed by atoms with Crippen molar-refractivity contribution in [2.24, 2.45) is 4.99 Å². The highest BCUT2D eigenvalue weighted by molar-refractivity contribution is 7.07. The van der Waals surface area contributed by atoms with E-state index in [4.69, 9.17) is 14.2 Å². The van der Waals surface area contributed by atoms with Gasteiger partial charge in [0.1, 0.15) is 0 Å². The zero-order valence-corrected chi connectivity index (χ0v) is 20.3. The number of thiazole rings is 1. The maximum absolute atomic E-state index is 13.6. The number of aromatic nitrogens is 1. The van der Waals surface area contributed by atoms with Crippen molar-refractivity contribution in [1.82, 2.24) is 4.57 Å². The summed E-state index contributed by atoms with van der Waals surface area (Å²) in [6, 6.07) is 14.3. The number of esters is 1. The normalized spacial score (nSPS) is 15.5. The monoisotopic (exact) mass is 478 g/mol. The Hall–Kier alpha value is -3.65. The number of carbonyl (C=O) groups excluding carboxylic acids is 1. The zero-order valence-electron chi connectivity index (χ0n) is 19.5. The van der Waals surface area contributed by atoms with Crippen LogP contribution in [0.15, 0.2) is 69.6 Å². The zero-order chi connectivity index (χ0) is 24.2. The van der Waals surface area contributed by atoms with Crippen molar-refractivity contribution in [3.8, 4) is 11.5 Å². The van der Waals surface area contributed by atoms with Crippen LogP contribution in [0.4, 0.5) is 0 Å². The lowest BCUT2D eigenvalue weighted by Crippen LogP contribution is -2.40. The fourth-order valence-corrected chi connectivity index (χ4v) is 4.99. The third kappa shape index (κ3) is 4.41. The van der Waals surface area contributed by atoms with Gasteiger partial charge < -0.3 is 14.2 Å². The topological polar surface area (TPSA) is 79.1 Å². The highest BCUT2D eigenvalue weighted by Crippen LogP contribution is 2.36. The number of nitrogens with zero attached hydrogens (tertiary/aromatic N) is 2. The second-order valence-corrected chi connectivity index (χ2v) is 8.57. The van der Waals surface area contributed by atoms with Gasteiger partial charge in [-0.15, -0.1) is 0 Å². The third-order valence-electron chi connectivity index (χ3n) is 5.42. The maximum atomic E-state index is 13.6. The lowest BCUT2D eigenvalue weighted by molar-refractivity contribution is -0.139. The van der Waals surface area contributed by atoms with Gasteiger partial charge in [0.25, 0.3) is 5.56 Å². The number of allylic oxidation sites excluding steroid dienone is 1. The molecule has 0 spiro atoms. The molecule has 0 aliphatic carbocycles. The summed E-state index contributed by atoms with van der Waals surface area (Å²) in [7, 11) is 1.57. The van der Waals surface area contributed by atoms with Crippen molar-refractivity contribution in [3.63, 3.8) is 0 Å². The number of benzene rings is 2. The van der Waals surface area contributed by atoms with Crippen LogP contribution in [-0.4, -0.2) is 30.9 Å². The molecule has 2 heterocycles. The first-order valence-electron chi connectivity index (χ1n) is 11.0. The molecule has 2 aromatic carbocycles. The molecule has 0 fully saturated rings. The minimum Gasteiger partial charge on any atom is -0.493 e. The van der Waals surface area contributed by atoms with Crippen LogP contribution >= 0.6 is 11.3 Å². The molecule has 0 saturated heterocycles. The van der Waals surface area contributed by atoms with E-state index in [1.807, 2.05) is 49.4 Å². The first kappa shape index (κ1) is 23.5. The van der Waals surface area contributed by atoms with E-state index < -0.39 is 12.0 Å². The van der Waals surface area contributed by atoms with Crippen molar-refractivity contribution in [3.05, 3.63) is 90.6 Å². The van der Waals surface area contributed by atoms with E-state index in [1.165, 1.54) is 11.3 Å². The second kappa shape index (κ2) is 10.1. The summed E-state index contributed by atoms with van der Waals surface area (Å²) in [5.74, 6) is 0.604. The summed E-state index contributed by atoms with van der Waals surface area (Å²) in [6.45, 7) is 6.05. The quantitative estimate of drug-likeness (QED) is 0.488. The van der Waals surface area contributed by atoms with Gasteiger partial charge in [-0.3, -0.25) is 9.36 Å². The Morgan fingerprint density at radius 2 is 1.88 bits per heavy atom. The summed E-state index contributed by atoms with van der Waals surface area (Å²) >= 11 is 1.29. The Morgan fingerprint density at radius 3 is 2.56 bits per heavy atom. The molecule has 4 rings (SSSR count). The average molecular weight is 479 g/mol. The summed E-state index contributed by atoms with van der Waals surface area (Å²) in [5.41, 5.74) is 2.24. The molecule has 0 saturated carbocycles. The number of hydrogen-bond acceptors (Lipinski definition) is 7. The molecule has 7 nitrogen and oxygen atoms in total. The summed E-state index contributed by atoms with van der Waals surface area (Å²) in [4.78, 5) is 31.8. The third-order valence-corrected chi connectivity index (χ3v) is 6.40. The molecule has 1 aliphatic rings. The molecule has 1 atom stereocenters. The van der Waals surface area contributed by atoms with Crippen LogP contribution in [0.1, 0.15) is 37.9 Å². The van der Waals surface area contributed by atoms with E-state index in [2.05, 4.69) is 4.99 Å². The Bertz CT molecular complexity index is 1420. The van der Waals surface area contributed by atoms with E-state index in [9.17, 15) is 9.59 Å². The number of rotatable bonds is 7. The summed E-state index contributed by atoms with van der Waals surface area (Å²) < 4.78 is 18.6. The van der Waals surface area contributed by atoms with Gasteiger partial charge in [0.05, 0.1) is 42.2 Å². The Morgan fingerprint density at radius 1 is 1.12 bits per heavy atom. The van der Waals surface area contributed by atoms with Crippen molar-refractivity contribution in [1.29, 1.82) is 0 Å². The molecular weight excluding hydrogens is 452 g/mol. The van der Waals surface area contributed by atoms with Gasteiger partial charge in [0.15, 0.2) is 16.3 Å². The molecule has 0 bridgehead atoms. The van der Waals surface area contributed by atoms with Gasteiger partial charge in [-0.05, 0) is 50.1 Å². The standard InChI is InChI=1S/C26H26N2O5S/c1-5-32-20-15-18(12-13-19(20)31-4)23-22(25(30)33-6-2)16(3)27-26-28(23)24(29)21(34-26)14-17-10-8-7-9-11-17/h7-15,23H,5-6H2,1-4H3/t23-/m1/s1. The fraction of sp³-hybridized carbons (Fsp3) is 0.269. The van der Waals surface area contributed by atoms with Gasteiger partial charge in [0, 0.05) is 0 Å². The smallest absolute Gasteiger partial charge is 0.338 e. The Kier molecular flexibility index (Phi) is 6.98. The lowest BCUT2D eigenvalue weighted by Gasteiger charge is -2.25. The van der Waals surface area contributed by atoms with E-state index in [0.29, 0.717) is 44.3 Å². The molecule has 0 radical (unpaired) electrons. The van der Waals surface area contributed by atoms with Crippen LogP contribution < -0.4 is 24.4 Å². The van der Waals surface area contributed by atoms with Gasteiger partial charge >= 0.3 is 5.97 Å². The Labute approximate surface area is 201 Å². The minimum absolute atomic E-state index is 0.216. The summed E-state index contributed by atoms with van der Waals surface area (Å²) in [6.07, 6.45) is 1.84. The second-order valence-electron chi connectivity index (χ2n) is 7.56. The molecule has 8 heteroatoms. The molecule has 176 valence electrons. The molecule has 1 aliphatic heterocycles. The van der Waals surface area contributed by atoms with Crippen LogP contribution in [0, 0.1) is 0 Å². The molecule has 1 aromatic heterocycles. The highest BCUT2D eigenvalue weighted by atomic mass is 32.1. The van der Waals surface area contributed by atoms with Gasteiger partial charge in [0.2, 0.25) is 0 Å². The van der Waals surface area contributed by atoms with Crippen molar-refractivity contribution in [2.75, 3.05) is 20.3 Å². The first-order chi connectivity index (χ1) is 16.5. The van der Waals surface area contributed by atoms with E-state index >= 15 is 0 Å². The predicted octanol–water partition coefficient (Wildman–Crippen LogP) is 3.21. The largest absolute Gasteiger partial charge is 0.493 e. The minimum atomic E-state index is -0.710. The van der Waals surface area contributed by atoms with Crippen molar-refractivity contribution in [2.45, 2.75) is 26.8 Å². The number of ether oxygens (including phenoxy) is 3. The first-order valence-corrected chi connectivity index (χ1v) is 11.9. The molecule has 3 aromatic rings. The molecule has 0 N–H and O–H groups in total. The number of hydrogen-bond donors (Lipinski definition) is 0. The average Bonchev–Trinajstić information content (AvgIpc) is 3.13. The highest BCUT2D eigenvalue weighted by Gasteiger charge is 2.33. The molecule has 0 unspecified atom stereocenters. The van der Waals surface area contributed by atoms with Crippen molar-refractivity contribution < 1.29 is 19.0 Å². The van der Waals surface area contributed by atoms with E-state index in [1.54, 1.807) is 37.7 Å². The predicted molar refractivity (Wildman–Crippen MR) is 131 cm³/mol. The molecule has 0 amide bonds. The number of fused-ring (bicyclic) bond motifs is 1. The number of methoxy groups -OCH3 is 1. The fourth-order valence-electron chi connectivity index (χ4n) is 3.94. The summed E-state index contributed by atoms with van der Waals surface area (Å²) in [5, 5.41) is 0. The SMILES string of the molecule is CCOC(=O)C1=C(C)N=c2sc(=Cc3ccccc3)c(=O)n2[C@@H]1c1ccc(OC)c(OCC)c1. The van der Waals surface area contributed by atoms with E-state index in [-0.39, 0.29) is 12.2 Å². The van der Waals surface area contributed by atoms with Crippen molar-refractivity contribution >= 4 is 23.4 Å². The van der Waals surface area contributed by atoms with Crippen LogP contribution in [-0.2, 0) is 9.53 Å². The van der Waals surface area contributed by atoms with E-state index in [0.717, 1.165) is 5.56 Å². The maximum Gasteiger partial charge on any atom is 0.338 e. The van der Waals surface area contributed by atoms with Crippen LogP contribution in [0.5, 0.6) is 11.5 Å². The van der Waals surface area contributed by atoms with Gasteiger partial charge in [-0.1, -0.05) is 47.7 Å². The molecule has 34 heavy (non-hydrogen) atoms. The van der Waals surface area contributed by atoms with Gasteiger partial charge in [-0.2, -0.15) is 0 Å². The van der Waals surface area contributed by atoms with Crippen LogP contribution in [0.2, 0.25) is 0 Å². The van der Waals surface area contributed by atoms with Crippen LogP contribution in [0.3, 0.4) is 0 Å². The Balaban J connectivity index is 1.97. The van der Waals surface area contributed by atoms with Gasteiger partial charge in [-0.25, -0.2) is 9.79 Å². The van der Waals surface area contributed by atoms with Crippen LogP contribution in [0.25, 0.3) is 6.08 Å². The molecular formula is C26H26N2O5S. The lowest BCUT2D eigenvalue weighted by atomic mass is 9.95. The number of carbonyl (C=O) groups is 1.